The van der Waals surface area contributed by atoms with Crippen LogP contribution in [0.4, 0.5) is 0 Å². The molecule has 0 aliphatic heterocycles. The Balaban J connectivity index is 2.56. The van der Waals surface area contributed by atoms with Crippen molar-refractivity contribution in [1.82, 2.24) is 15.1 Å². The molecule has 0 saturated heterocycles. The summed E-state index contributed by atoms with van der Waals surface area (Å²) in [6.07, 6.45) is 1.60. The summed E-state index contributed by atoms with van der Waals surface area (Å²) in [5.41, 5.74) is 1.08. The molecule has 1 aromatic heterocycles. The highest BCUT2D eigenvalue weighted by Gasteiger charge is 2.18. The number of aromatic nitrogens is 2. The Morgan fingerprint density at radius 1 is 1.65 bits per heavy atom. The van der Waals surface area contributed by atoms with Gasteiger partial charge in [0.05, 0.1) is 18.4 Å². The summed E-state index contributed by atoms with van der Waals surface area (Å²) in [6, 6.07) is 0. The van der Waals surface area contributed by atoms with Crippen LogP contribution in [0.1, 0.15) is 16.1 Å². The molecule has 0 radical (unpaired) electrons. The fourth-order valence-electron chi connectivity index (χ4n) is 1.31. The Morgan fingerprint density at radius 2 is 2.29 bits per heavy atom. The Kier molecular flexibility index (Phi) is 4.51. The number of ether oxygens (including phenoxy) is 1. The van der Waals surface area contributed by atoms with Crippen LogP contribution < -0.4 is 5.32 Å². The van der Waals surface area contributed by atoms with Crippen molar-refractivity contribution in [2.45, 2.75) is 12.3 Å². The molecule has 0 fully saturated rings. The van der Waals surface area contributed by atoms with Gasteiger partial charge in [-0.15, -0.1) is 11.6 Å². The second-order valence-electron chi connectivity index (χ2n) is 3.50. The van der Waals surface area contributed by atoms with Crippen LogP contribution in [-0.4, -0.2) is 40.7 Å². The second kappa shape index (κ2) is 5.67. The van der Waals surface area contributed by atoms with Gasteiger partial charge in [-0.3, -0.25) is 14.3 Å². The lowest BCUT2D eigenvalue weighted by atomic mass is 10.2. The van der Waals surface area contributed by atoms with Gasteiger partial charge in [-0.1, -0.05) is 0 Å². The van der Waals surface area contributed by atoms with E-state index < -0.39 is 11.3 Å². The molecule has 17 heavy (non-hydrogen) atoms. The van der Waals surface area contributed by atoms with Gasteiger partial charge in [0.15, 0.2) is 0 Å². The first-order chi connectivity index (χ1) is 7.95. The highest BCUT2D eigenvalue weighted by Crippen LogP contribution is 2.04. The van der Waals surface area contributed by atoms with Gasteiger partial charge in [-0.2, -0.15) is 5.10 Å². The number of aryl methyl sites for hydroxylation is 2. The number of carbonyl (C=O) groups excluding carboxylic acids is 2. The van der Waals surface area contributed by atoms with Crippen LogP contribution in [0.2, 0.25) is 0 Å². The molecule has 0 saturated carbocycles. The molecule has 0 aliphatic rings. The molecule has 0 bridgehead atoms. The van der Waals surface area contributed by atoms with Crippen molar-refractivity contribution in [3.8, 4) is 0 Å². The Bertz CT molecular complexity index is 430. The number of nitrogens with zero attached hydrogens (tertiary/aromatic N) is 2. The summed E-state index contributed by atoms with van der Waals surface area (Å²) in [7, 11) is 2.97. The lowest BCUT2D eigenvalue weighted by Crippen LogP contribution is -2.34. The number of methoxy groups -OCH3 is 1. The minimum atomic E-state index is -0.888. The zero-order valence-corrected chi connectivity index (χ0v) is 10.6. The molecule has 0 aliphatic carbocycles. The quantitative estimate of drug-likeness (QED) is 0.621. The van der Waals surface area contributed by atoms with E-state index in [9.17, 15) is 9.59 Å². The van der Waals surface area contributed by atoms with Gasteiger partial charge in [-0.05, 0) is 6.92 Å². The number of alkyl halides is 1. The van der Waals surface area contributed by atoms with Gasteiger partial charge in [0.2, 0.25) is 0 Å². The van der Waals surface area contributed by atoms with Crippen molar-refractivity contribution in [3.63, 3.8) is 0 Å². The van der Waals surface area contributed by atoms with Gasteiger partial charge in [0, 0.05) is 19.8 Å². The Hall–Kier alpha value is -1.56. The fraction of sp³-hybridized carbons (Fsp3) is 0.500. The molecule has 1 atom stereocenters. The second-order valence-corrected chi connectivity index (χ2v) is 4.03. The van der Waals surface area contributed by atoms with Crippen LogP contribution in [0.15, 0.2) is 6.20 Å². The molecule has 6 nitrogen and oxygen atoms in total. The van der Waals surface area contributed by atoms with Crippen molar-refractivity contribution < 1.29 is 14.3 Å². The molecule has 1 rings (SSSR count). The molecule has 7 heteroatoms. The molecular formula is C10H14ClN3O3. The molecule has 1 aromatic rings. The Labute approximate surface area is 104 Å². The molecule has 1 amide bonds. The van der Waals surface area contributed by atoms with Crippen LogP contribution in [0.5, 0.6) is 0 Å². The predicted octanol–water partition coefficient (Wildman–Crippen LogP) is 0.239. The summed E-state index contributed by atoms with van der Waals surface area (Å²) in [4.78, 5) is 22.7. The number of nitrogens with one attached hydrogen (secondary N) is 1. The van der Waals surface area contributed by atoms with E-state index in [0.717, 1.165) is 0 Å². The summed E-state index contributed by atoms with van der Waals surface area (Å²) in [5, 5.41) is 5.70. The lowest BCUT2D eigenvalue weighted by molar-refractivity contribution is -0.140. The predicted molar refractivity (Wildman–Crippen MR) is 61.9 cm³/mol. The molecule has 0 aromatic carbocycles. The van der Waals surface area contributed by atoms with Crippen molar-refractivity contribution in [3.05, 3.63) is 17.5 Å². The molecule has 1 N–H and O–H groups in total. The van der Waals surface area contributed by atoms with E-state index in [1.807, 2.05) is 0 Å². The normalized spacial score (nSPS) is 12.0. The Morgan fingerprint density at radius 3 is 2.76 bits per heavy atom. The average molecular weight is 260 g/mol. The zero-order valence-electron chi connectivity index (χ0n) is 9.86. The van der Waals surface area contributed by atoms with Gasteiger partial charge < -0.3 is 10.1 Å². The number of carbonyl (C=O) groups is 2. The number of hydrogen-bond donors (Lipinski definition) is 1. The van der Waals surface area contributed by atoms with E-state index in [-0.39, 0.29) is 12.5 Å². The van der Waals surface area contributed by atoms with Crippen molar-refractivity contribution in [2.24, 2.45) is 7.05 Å². The number of hydrogen-bond acceptors (Lipinski definition) is 4. The SMILES string of the molecule is COC(=O)C(Cl)CNC(=O)c1cn(C)nc1C. The van der Waals surface area contributed by atoms with Gasteiger partial charge in [-0.25, -0.2) is 0 Å². The van der Waals surface area contributed by atoms with Crippen LogP contribution in [0, 0.1) is 6.92 Å². The van der Waals surface area contributed by atoms with Crippen LogP contribution in [-0.2, 0) is 16.6 Å². The third-order valence-electron chi connectivity index (χ3n) is 2.16. The maximum atomic E-state index is 11.7. The minimum absolute atomic E-state index is 0.0153. The molecular weight excluding hydrogens is 246 g/mol. The first-order valence-corrected chi connectivity index (χ1v) is 5.39. The molecule has 0 spiro atoms. The summed E-state index contributed by atoms with van der Waals surface area (Å²) < 4.78 is 5.98. The third kappa shape index (κ3) is 3.45. The maximum absolute atomic E-state index is 11.7. The highest BCUT2D eigenvalue weighted by molar-refractivity contribution is 6.30. The van der Waals surface area contributed by atoms with Crippen molar-refractivity contribution in [2.75, 3.05) is 13.7 Å². The van der Waals surface area contributed by atoms with Gasteiger partial charge in [0.25, 0.3) is 5.91 Å². The largest absolute Gasteiger partial charge is 0.468 e. The summed E-state index contributed by atoms with van der Waals surface area (Å²) in [5.74, 6) is -0.889. The van der Waals surface area contributed by atoms with E-state index in [4.69, 9.17) is 11.6 Å². The summed E-state index contributed by atoms with van der Waals surface area (Å²) in [6.45, 7) is 1.74. The van der Waals surface area contributed by atoms with Crippen LogP contribution in [0.25, 0.3) is 0 Å². The molecule has 1 unspecified atom stereocenters. The van der Waals surface area contributed by atoms with E-state index in [2.05, 4.69) is 15.2 Å². The smallest absolute Gasteiger partial charge is 0.325 e. The highest BCUT2D eigenvalue weighted by atomic mass is 35.5. The van der Waals surface area contributed by atoms with E-state index in [0.29, 0.717) is 11.3 Å². The maximum Gasteiger partial charge on any atom is 0.325 e. The lowest BCUT2D eigenvalue weighted by Gasteiger charge is -2.08. The van der Waals surface area contributed by atoms with E-state index in [1.54, 1.807) is 24.9 Å². The number of rotatable bonds is 4. The van der Waals surface area contributed by atoms with Gasteiger partial charge >= 0.3 is 5.97 Å². The van der Waals surface area contributed by atoms with Crippen molar-refractivity contribution >= 4 is 23.5 Å². The number of esters is 1. The van der Waals surface area contributed by atoms with E-state index in [1.165, 1.54) is 7.11 Å². The average Bonchev–Trinajstić information content (AvgIpc) is 2.63. The molecule has 94 valence electrons. The van der Waals surface area contributed by atoms with Crippen LogP contribution in [0.3, 0.4) is 0 Å². The zero-order chi connectivity index (χ0) is 13.0. The number of halogens is 1. The van der Waals surface area contributed by atoms with Gasteiger partial charge in [0.1, 0.15) is 5.38 Å². The number of amides is 1. The fourth-order valence-corrected chi connectivity index (χ4v) is 1.48. The third-order valence-corrected chi connectivity index (χ3v) is 2.49. The van der Waals surface area contributed by atoms with E-state index >= 15 is 0 Å². The van der Waals surface area contributed by atoms with Crippen LogP contribution >= 0.6 is 11.6 Å². The first-order valence-electron chi connectivity index (χ1n) is 4.96. The minimum Gasteiger partial charge on any atom is -0.468 e. The van der Waals surface area contributed by atoms with Crippen molar-refractivity contribution in [1.29, 1.82) is 0 Å². The molecule has 1 heterocycles. The standard InChI is InChI=1S/C10H14ClN3O3/c1-6-7(5-14(2)13-6)9(15)12-4-8(11)10(16)17-3/h5,8H,4H2,1-3H3,(H,12,15). The summed E-state index contributed by atoms with van der Waals surface area (Å²) >= 11 is 5.70. The first kappa shape index (κ1) is 13.5. The monoisotopic (exact) mass is 259 g/mol. The topological polar surface area (TPSA) is 73.2 Å².